The molecule has 0 spiro atoms. The number of unbranched alkanes of at least 4 members (excludes halogenated alkanes) is 3. The maximum absolute atomic E-state index is 12.2. The third-order valence-corrected chi connectivity index (χ3v) is 4.90. The number of ketones is 1. The number of esters is 2. The number of hydrogen-bond donors (Lipinski definition) is 0. The Hall–Kier alpha value is -1.85. The van der Waals surface area contributed by atoms with Gasteiger partial charge in [-0.1, -0.05) is 26.2 Å². The smallest absolute Gasteiger partial charge is 0.303 e. The van der Waals surface area contributed by atoms with E-state index >= 15 is 0 Å². The first-order valence-corrected chi connectivity index (χ1v) is 9.69. The Morgan fingerprint density at radius 3 is 2.54 bits per heavy atom. The molecule has 26 heavy (non-hydrogen) atoms. The molecule has 0 aromatic carbocycles. The number of ether oxygens (including phenoxy) is 3. The molecular formula is C20H30O6. The summed E-state index contributed by atoms with van der Waals surface area (Å²) in [5, 5.41) is 0. The van der Waals surface area contributed by atoms with E-state index in [2.05, 4.69) is 6.92 Å². The van der Waals surface area contributed by atoms with Crippen molar-refractivity contribution in [1.29, 1.82) is 0 Å². The highest BCUT2D eigenvalue weighted by atomic mass is 16.6. The van der Waals surface area contributed by atoms with Crippen LogP contribution in [0.5, 0.6) is 0 Å². The molecule has 1 heterocycles. The molecule has 0 aromatic rings. The van der Waals surface area contributed by atoms with Crippen LogP contribution in [-0.4, -0.2) is 36.0 Å². The van der Waals surface area contributed by atoms with Crippen molar-refractivity contribution < 1.29 is 28.6 Å². The third kappa shape index (κ3) is 5.58. The van der Waals surface area contributed by atoms with Gasteiger partial charge in [0.15, 0.2) is 11.9 Å². The quantitative estimate of drug-likeness (QED) is 0.482. The van der Waals surface area contributed by atoms with Gasteiger partial charge in [0, 0.05) is 25.8 Å². The summed E-state index contributed by atoms with van der Waals surface area (Å²) >= 11 is 0. The van der Waals surface area contributed by atoms with Crippen molar-refractivity contribution in [2.45, 2.75) is 96.9 Å². The Labute approximate surface area is 155 Å². The summed E-state index contributed by atoms with van der Waals surface area (Å²) in [5.74, 6) is -0.185. The summed E-state index contributed by atoms with van der Waals surface area (Å²) in [6.07, 6.45) is 5.93. The highest BCUT2D eigenvalue weighted by Gasteiger charge is 2.39. The second-order valence-electron chi connectivity index (χ2n) is 7.09. The lowest BCUT2D eigenvalue weighted by molar-refractivity contribution is -0.159. The Kier molecular flexibility index (Phi) is 7.66. The SMILES string of the molecule is CCCCCC[C@H](OC(C)=O)[C@@H]1CCC2=C(O1)[C@H](OC(C)=O)CCC2=O. The Bertz CT molecular complexity index is 565. The fourth-order valence-corrected chi connectivity index (χ4v) is 3.67. The topological polar surface area (TPSA) is 78.9 Å². The summed E-state index contributed by atoms with van der Waals surface area (Å²) < 4.78 is 17.0. The highest BCUT2D eigenvalue weighted by molar-refractivity contribution is 5.97. The summed E-state index contributed by atoms with van der Waals surface area (Å²) in [7, 11) is 0. The van der Waals surface area contributed by atoms with Crippen LogP contribution >= 0.6 is 0 Å². The van der Waals surface area contributed by atoms with Crippen LogP contribution in [0.1, 0.15) is 78.6 Å². The van der Waals surface area contributed by atoms with E-state index in [1.165, 1.54) is 13.8 Å². The van der Waals surface area contributed by atoms with Crippen molar-refractivity contribution in [2.24, 2.45) is 0 Å². The van der Waals surface area contributed by atoms with Gasteiger partial charge < -0.3 is 14.2 Å². The average molecular weight is 366 g/mol. The highest BCUT2D eigenvalue weighted by Crippen LogP contribution is 2.36. The number of carbonyl (C=O) groups excluding carboxylic acids is 3. The first-order valence-electron chi connectivity index (χ1n) is 9.69. The molecule has 0 radical (unpaired) electrons. The van der Waals surface area contributed by atoms with E-state index in [4.69, 9.17) is 14.2 Å². The van der Waals surface area contributed by atoms with E-state index in [-0.39, 0.29) is 24.0 Å². The Balaban J connectivity index is 2.10. The molecule has 1 aliphatic carbocycles. The predicted octanol–water partition coefficient (Wildman–Crippen LogP) is 3.62. The van der Waals surface area contributed by atoms with Crippen molar-refractivity contribution in [3.63, 3.8) is 0 Å². The van der Waals surface area contributed by atoms with Crippen LogP contribution in [0.4, 0.5) is 0 Å². The summed E-state index contributed by atoms with van der Waals surface area (Å²) in [5.41, 5.74) is 0.631. The van der Waals surface area contributed by atoms with Gasteiger partial charge in [0.05, 0.1) is 0 Å². The normalized spacial score (nSPS) is 23.7. The van der Waals surface area contributed by atoms with Gasteiger partial charge in [0.1, 0.15) is 18.0 Å². The summed E-state index contributed by atoms with van der Waals surface area (Å²) in [6, 6.07) is 0. The Morgan fingerprint density at radius 1 is 1.12 bits per heavy atom. The van der Waals surface area contributed by atoms with E-state index in [1.807, 2.05) is 0 Å². The second-order valence-corrected chi connectivity index (χ2v) is 7.09. The van der Waals surface area contributed by atoms with Crippen LogP contribution in [-0.2, 0) is 28.6 Å². The number of allylic oxidation sites excluding steroid dienone is 1. The Morgan fingerprint density at radius 2 is 1.88 bits per heavy atom. The molecule has 0 unspecified atom stereocenters. The number of Topliss-reactive ketones (excluding diaryl/α,β-unsaturated/α-hetero) is 1. The minimum absolute atomic E-state index is 0.0637. The first-order chi connectivity index (χ1) is 12.4. The fraction of sp³-hybridized carbons (Fsp3) is 0.750. The third-order valence-electron chi connectivity index (χ3n) is 4.90. The van der Waals surface area contributed by atoms with E-state index in [0.29, 0.717) is 37.0 Å². The zero-order valence-corrected chi connectivity index (χ0v) is 16.0. The van der Waals surface area contributed by atoms with E-state index in [0.717, 1.165) is 32.1 Å². The summed E-state index contributed by atoms with van der Waals surface area (Å²) in [4.78, 5) is 35.1. The lowest BCUT2D eigenvalue weighted by Gasteiger charge is -2.37. The molecule has 6 nitrogen and oxygen atoms in total. The van der Waals surface area contributed by atoms with Crippen LogP contribution in [0.25, 0.3) is 0 Å². The van der Waals surface area contributed by atoms with Crippen molar-refractivity contribution >= 4 is 17.7 Å². The number of rotatable bonds is 8. The van der Waals surface area contributed by atoms with E-state index in [9.17, 15) is 14.4 Å². The number of carbonyl (C=O) groups is 3. The molecule has 0 saturated carbocycles. The minimum atomic E-state index is -0.513. The molecule has 6 heteroatoms. The lowest BCUT2D eigenvalue weighted by atomic mass is 9.86. The van der Waals surface area contributed by atoms with Gasteiger partial charge in [0.25, 0.3) is 0 Å². The fourth-order valence-electron chi connectivity index (χ4n) is 3.67. The zero-order valence-electron chi connectivity index (χ0n) is 16.0. The zero-order chi connectivity index (χ0) is 19.1. The molecule has 1 aliphatic heterocycles. The summed E-state index contributed by atoms with van der Waals surface area (Å²) in [6.45, 7) is 4.90. The molecular weight excluding hydrogens is 336 g/mol. The van der Waals surface area contributed by atoms with Crippen LogP contribution in [0.2, 0.25) is 0 Å². The van der Waals surface area contributed by atoms with Crippen molar-refractivity contribution in [2.75, 3.05) is 0 Å². The molecule has 2 rings (SSSR count). The van der Waals surface area contributed by atoms with Crippen molar-refractivity contribution in [3.05, 3.63) is 11.3 Å². The molecule has 0 saturated heterocycles. The molecule has 0 amide bonds. The maximum Gasteiger partial charge on any atom is 0.303 e. The molecule has 0 aromatic heterocycles. The van der Waals surface area contributed by atoms with E-state index in [1.54, 1.807) is 0 Å². The van der Waals surface area contributed by atoms with Gasteiger partial charge >= 0.3 is 11.9 Å². The van der Waals surface area contributed by atoms with Gasteiger partial charge in [-0.3, -0.25) is 14.4 Å². The maximum atomic E-state index is 12.2. The second kappa shape index (κ2) is 9.74. The van der Waals surface area contributed by atoms with Crippen LogP contribution in [0, 0.1) is 0 Å². The lowest BCUT2D eigenvalue weighted by Crippen LogP contribution is -2.40. The average Bonchev–Trinajstić information content (AvgIpc) is 2.59. The predicted molar refractivity (Wildman–Crippen MR) is 95.2 cm³/mol. The minimum Gasteiger partial charge on any atom is -0.487 e. The molecule has 146 valence electrons. The first kappa shape index (κ1) is 20.5. The standard InChI is InChI=1S/C20H30O6/c1-4-5-6-7-8-17(24-13(2)21)18-11-9-15-16(23)10-12-19(20(15)26-18)25-14(3)22/h17-19H,4-12H2,1-3H3/t17-,18-,19+/m0/s1. The molecule has 0 fully saturated rings. The van der Waals surface area contributed by atoms with Crippen LogP contribution < -0.4 is 0 Å². The van der Waals surface area contributed by atoms with E-state index < -0.39 is 12.1 Å². The van der Waals surface area contributed by atoms with Crippen molar-refractivity contribution in [1.82, 2.24) is 0 Å². The van der Waals surface area contributed by atoms with Gasteiger partial charge in [0.2, 0.25) is 0 Å². The van der Waals surface area contributed by atoms with Crippen LogP contribution in [0.3, 0.4) is 0 Å². The largest absolute Gasteiger partial charge is 0.487 e. The number of hydrogen-bond acceptors (Lipinski definition) is 6. The van der Waals surface area contributed by atoms with Gasteiger partial charge in [-0.15, -0.1) is 0 Å². The molecule has 0 N–H and O–H groups in total. The molecule has 3 atom stereocenters. The van der Waals surface area contributed by atoms with Crippen molar-refractivity contribution in [3.8, 4) is 0 Å². The van der Waals surface area contributed by atoms with Gasteiger partial charge in [-0.25, -0.2) is 0 Å². The van der Waals surface area contributed by atoms with Crippen LogP contribution in [0.15, 0.2) is 11.3 Å². The monoisotopic (exact) mass is 366 g/mol. The van der Waals surface area contributed by atoms with Gasteiger partial charge in [-0.05, 0) is 32.1 Å². The molecule has 0 bridgehead atoms. The molecule has 2 aliphatic rings. The van der Waals surface area contributed by atoms with Gasteiger partial charge in [-0.2, -0.15) is 0 Å².